The summed E-state index contributed by atoms with van der Waals surface area (Å²) in [6.45, 7) is 42.1. The second-order valence-corrected chi connectivity index (χ2v) is 22.2. The summed E-state index contributed by atoms with van der Waals surface area (Å²) in [6, 6.07) is 1.44. The Balaban J connectivity index is 0.000000349. The molecule has 4 aliphatic heterocycles. The number of likely N-dealkylation sites (tertiary alicyclic amines) is 2. The van der Waals surface area contributed by atoms with Gasteiger partial charge in [0.15, 0.2) is 0 Å². The molecule has 312 valence electrons. The van der Waals surface area contributed by atoms with Crippen molar-refractivity contribution in [2.45, 2.75) is 264 Å². The average molecular weight is 737 g/mol. The number of rotatable bonds is 5. The van der Waals surface area contributed by atoms with Gasteiger partial charge in [0.2, 0.25) is 0 Å². The van der Waals surface area contributed by atoms with Gasteiger partial charge in [0.1, 0.15) is 0 Å². The molecule has 4 unspecified atom stereocenters. The predicted molar refractivity (Wildman–Crippen MR) is 231 cm³/mol. The van der Waals surface area contributed by atoms with E-state index in [1.807, 2.05) is 0 Å². The summed E-state index contributed by atoms with van der Waals surface area (Å²) in [7, 11) is 2.20. The van der Waals surface area contributed by atoms with Crippen molar-refractivity contribution in [3.05, 3.63) is 0 Å². The lowest BCUT2D eigenvalue weighted by molar-refractivity contribution is -0.0352. The van der Waals surface area contributed by atoms with E-state index in [9.17, 15) is 0 Å². The predicted octanol–water partition coefficient (Wildman–Crippen LogP) is 7.90. The van der Waals surface area contributed by atoms with Gasteiger partial charge in [-0.25, -0.2) is 0 Å². The maximum Gasteiger partial charge on any atom is 0.0196 e. The van der Waals surface area contributed by atoms with Crippen molar-refractivity contribution >= 4 is 0 Å². The van der Waals surface area contributed by atoms with Gasteiger partial charge in [-0.15, -0.1) is 0 Å². The van der Waals surface area contributed by atoms with Crippen molar-refractivity contribution in [3.8, 4) is 0 Å². The van der Waals surface area contributed by atoms with Crippen LogP contribution >= 0.6 is 0 Å². The summed E-state index contributed by atoms with van der Waals surface area (Å²) in [5.74, 6) is 0.562. The Morgan fingerprint density at radius 1 is 0.538 bits per heavy atom. The Bertz CT molecular complexity index is 1010. The minimum absolute atomic E-state index is 0.209. The molecule has 8 heteroatoms. The summed E-state index contributed by atoms with van der Waals surface area (Å²) in [5.41, 5.74) is 26.2. The van der Waals surface area contributed by atoms with Crippen LogP contribution in [0.1, 0.15) is 195 Å². The highest BCUT2D eigenvalue weighted by Crippen LogP contribution is 2.39. The molecule has 0 aromatic heterocycles. The molecule has 4 rings (SSSR count). The molecular formula is C44H96N8. The van der Waals surface area contributed by atoms with Gasteiger partial charge in [0.25, 0.3) is 0 Å². The molecule has 10 N–H and O–H groups in total. The molecule has 0 amide bonds. The minimum atomic E-state index is 0.209. The lowest BCUT2D eigenvalue weighted by Gasteiger charge is -2.55. The van der Waals surface area contributed by atoms with Crippen molar-refractivity contribution in [1.82, 2.24) is 20.4 Å². The quantitative estimate of drug-likeness (QED) is 0.168. The first-order chi connectivity index (χ1) is 23.2. The summed E-state index contributed by atoms with van der Waals surface area (Å²) >= 11 is 0. The molecule has 4 aliphatic rings. The first kappa shape index (κ1) is 49.7. The third-order valence-corrected chi connectivity index (χ3v) is 13.7. The molecule has 4 fully saturated rings. The van der Waals surface area contributed by atoms with E-state index in [0.29, 0.717) is 30.1 Å². The summed E-state index contributed by atoms with van der Waals surface area (Å²) in [6.07, 6.45) is 12.6. The normalized spacial score (nSPS) is 34.4. The van der Waals surface area contributed by atoms with E-state index in [1.54, 1.807) is 0 Å². The van der Waals surface area contributed by atoms with Gasteiger partial charge in [-0.05, 0) is 181 Å². The number of piperidine rings is 4. The van der Waals surface area contributed by atoms with E-state index in [4.69, 9.17) is 22.9 Å². The number of hydrogen-bond donors (Lipinski definition) is 6. The first-order valence-electron chi connectivity index (χ1n) is 21.4. The summed E-state index contributed by atoms with van der Waals surface area (Å²) in [4.78, 5) is 5.11. The molecule has 0 aliphatic carbocycles. The molecule has 52 heavy (non-hydrogen) atoms. The fourth-order valence-electron chi connectivity index (χ4n) is 10.8. The standard InChI is InChI=1S/C13H28N2.C12H26N2.C10H22N2.C9H20N2/c1-6-7-8-15-12(2,3)9-11(14)10-13(15,4)5;1-6-11(4)8-10(13)9(3)12(5,7-2)14-11;1-9(2)6-8(11)7-10(3,4)12(9)5;1-8(2)5-7(10)6-9(3,4)11-8/h11H,6-10,14H2,1-5H3;9-10,14H,6-8,13H2,1-5H3;8H,6-7,11H2,1-5H3;7,11H,5-6,10H2,1-4H3. The molecule has 0 spiro atoms. The Hall–Kier alpha value is -0.320. The van der Waals surface area contributed by atoms with Gasteiger partial charge in [-0.3, -0.25) is 9.80 Å². The zero-order chi connectivity index (χ0) is 40.9. The second-order valence-electron chi connectivity index (χ2n) is 22.2. The number of hydrogen-bond acceptors (Lipinski definition) is 8. The van der Waals surface area contributed by atoms with Crippen LogP contribution in [0.5, 0.6) is 0 Å². The Morgan fingerprint density at radius 3 is 1.27 bits per heavy atom. The number of nitrogens with one attached hydrogen (secondary N) is 2. The summed E-state index contributed by atoms with van der Waals surface area (Å²) < 4.78 is 0. The summed E-state index contributed by atoms with van der Waals surface area (Å²) in [5, 5.41) is 7.39. The average Bonchev–Trinajstić information content (AvgIpc) is 2.92. The van der Waals surface area contributed by atoms with Crippen molar-refractivity contribution in [1.29, 1.82) is 0 Å². The highest BCUT2D eigenvalue weighted by molar-refractivity contribution is 5.06. The zero-order valence-corrected chi connectivity index (χ0v) is 38.6. The van der Waals surface area contributed by atoms with Crippen molar-refractivity contribution in [2.75, 3.05) is 13.6 Å². The van der Waals surface area contributed by atoms with E-state index >= 15 is 0 Å². The molecule has 0 bridgehead atoms. The van der Waals surface area contributed by atoms with Gasteiger partial charge < -0.3 is 33.6 Å². The maximum atomic E-state index is 6.24. The Morgan fingerprint density at radius 2 is 0.923 bits per heavy atom. The number of unbranched alkanes of at least 4 members (excludes halogenated alkanes) is 1. The lowest BCUT2D eigenvalue weighted by atomic mass is 9.69. The number of nitrogens with two attached hydrogens (primary N) is 4. The lowest BCUT2D eigenvalue weighted by Crippen LogP contribution is -2.67. The zero-order valence-electron chi connectivity index (χ0n) is 38.6. The van der Waals surface area contributed by atoms with Gasteiger partial charge in [0, 0.05) is 68.5 Å². The van der Waals surface area contributed by atoms with E-state index in [-0.39, 0.29) is 44.3 Å². The molecule has 0 radical (unpaired) electrons. The van der Waals surface area contributed by atoms with E-state index in [1.165, 1.54) is 19.4 Å². The van der Waals surface area contributed by atoms with Crippen LogP contribution in [0.2, 0.25) is 0 Å². The molecule has 0 aromatic rings. The molecule has 4 heterocycles. The van der Waals surface area contributed by atoms with Crippen LogP contribution in [0, 0.1) is 5.92 Å². The minimum Gasteiger partial charge on any atom is -0.328 e. The van der Waals surface area contributed by atoms with Crippen molar-refractivity contribution in [3.63, 3.8) is 0 Å². The molecule has 4 atom stereocenters. The third-order valence-electron chi connectivity index (χ3n) is 13.7. The van der Waals surface area contributed by atoms with E-state index < -0.39 is 0 Å². The smallest absolute Gasteiger partial charge is 0.0196 e. The number of nitrogens with zero attached hydrogens (tertiary/aromatic N) is 2. The van der Waals surface area contributed by atoms with Crippen LogP contribution < -0.4 is 33.6 Å². The molecule has 0 saturated carbocycles. The molecule has 4 saturated heterocycles. The van der Waals surface area contributed by atoms with Crippen LogP contribution in [0.15, 0.2) is 0 Å². The fraction of sp³-hybridized carbons (Fsp3) is 1.00. The van der Waals surface area contributed by atoms with Gasteiger partial charge in [-0.1, -0.05) is 34.1 Å². The van der Waals surface area contributed by atoms with Crippen LogP contribution in [0.4, 0.5) is 0 Å². The van der Waals surface area contributed by atoms with Gasteiger partial charge >= 0.3 is 0 Å². The maximum absolute atomic E-state index is 6.24. The van der Waals surface area contributed by atoms with Gasteiger partial charge in [-0.2, -0.15) is 0 Å². The second kappa shape index (κ2) is 18.3. The largest absolute Gasteiger partial charge is 0.328 e. The fourth-order valence-corrected chi connectivity index (χ4v) is 10.8. The first-order valence-corrected chi connectivity index (χ1v) is 21.4. The molecular weight excluding hydrogens is 641 g/mol. The Kier molecular flexibility index (Phi) is 17.5. The Labute approximate surface area is 325 Å². The molecule has 8 nitrogen and oxygen atoms in total. The highest BCUT2D eigenvalue weighted by atomic mass is 15.3. The van der Waals surface area contributed by atoms with Crippen LogP contribution in [0.3, 0.4) is 0 Å². The highest BCUT2D eigenvalue weighted by Gasteiger charge is 2.46. The van der Waals surface area contributed by atoms with Crippen LogP contribution in [-0.4, -0.2) is 91.9 Å². The van der Waals surface area contributed by atoms with E-state index in [0.717, 1.165) is 57.8 Å². The van der Waals surface area contributed by atoms with Gasteiger partial charge in [0.05, 0.1) is 0 Å². The topological polar surface area (TPSA) is 135 Å². The van der Waals surface area contributed by atoms with Crippen LogP contribution in [-0.2, 0) is 0 Å². The SMILES string of the molecule is CC1(C)CC(N)CC(C)(C)N1.CCC1(C)CC(N)C(C)C(C)(CC)N1.CCCCN1C(C)(C)CC(N)CC1(C)C.CN1C(C)(C)CC(N)CC1(C)C. The molecule has 0 aromatic carbocycles. The van der Waals surface area contributed by atoms with E-state index in [2.05, 4.69) is 152 Å². The monoisotopic (exact) mass is 737 g/mol. The van der Waals surface area contributed by atoms with Crippen molar-refractivity contribution < 1.29 is 0 Å². The third kappa shape index (κ3) is 14.3. The van der Waals surface area contributed by atoms with Crippen molar-refractivity contribution in [2.24, 2.45) is 28.9 Å². The van der Waals surface area contributed by atoms with Crippen LogP contribution in [0.25, 0.3) is 0 Å².